The maximum absolute atomic E-state index is 13.1. The lowest BCUT2D eigenvalue weighted by atomic mass is 9.85. The monoisotopic (exact) mass is 463 g/mol. The van der Waals surface area contributed by atoms with Crippen molar-refractivity contribution in [2.75, 3.05) is 40.1 Å². The summed E-state index contributed by atoms with van der Waals surface area (Å²) in [6.45, 7) is 4.96. The predicted octanol–water partition coefficient (Wildman–Crippen LogP) is 0.855. The number of fused-ring (bicyclic) bond motifs is 1. The van der Waals surface area contributed by atoms with Crippen LogP contribution in [0.4, 0.5) is 4.79 Å². The molecule has 2 heterocycles. The first-order valence-electron chi connectivity index (χ1n) is 11.1. The molecule has 2 unspecified atom stereocenters. The number of pyridine rings is 1. The number of nitrogens with zero attached hydrogens (tertiary/aromatic N) is 1. The fourth-order valence-corrected chi connectivity index (χ4v) is 3.58. The number of carbonyl (C=O) groups excluding carboxylic acids is 4. The minimum atomic E-state index is -0.858. The lowest BCUT2D eigenvalue weighted by molar-refractivity contribution is -0.141. The van der Waals surface area contributed by atoms with Gasteiger partial charge in [-0.15, -0.1) is 0 Å². The van der Waals surface area contributed by atoms with Crippen LogP contribution in [0.3, 0.4) is 0 Å². The number of rotatable bonds is 11. The Bertz CT molecular complexity index is 828. The molecule has 1 aliphatic heterocycles. The molecular formula is C23H33N3O7. The second kappa shape index (κ2) is 13.6. The number of carbonyl (C=O) groups is 4. The van der Waals surface area contributed by atoms with Gasteiger partial charge in [-0.25, -0.2) is 4.79 Å². The Morgan fingerprint density at radius 1 is 1.18 bits per heavy atom. The van der Waals surface area contributed by atoms with Gasteiger partial charge in [0.15, 0.2) is 5.78 Å². The summed E-state index contributed by atoms with van der Waals surface area (Å²) in [5.74, 6) is -2.76. The number of aromatic nitrogens is 1. The van der Waals surface area contributed by atoms with Gasteiger partial charge in [0.05, 0.1) is 25.9 Å². The summed E-state index contributed by atoms with van der Waals surface area (Å²) in [5, 5.41) is 5.19. The Hall–Kier alpha value is -2.85. The van der Waals surface area contributed by atoms with Crippen LogP contribution in [-0.2, 0) is 41.4 Å². The van der Waals surface area contributed by atoms with Gasteiger partial charge in [-0.2, -0.15) is 0 Å². The van der Waals surface area contributed by atoms with E-state index in [1.54, 1.807) is 33.4 Å². The van der Waals surface area contributed by atoms with Gasteiger partial charge in [0.1, 0.15) is 6.61 Å². The third-order valence-electron chi connectivity index (χ3n) is 5.37. The van der Waals surface area contributed by atoms with Crippen LogP contribution >= 0.6 is 0 Å². The van der Waals surface area contributed by atoms with E-state index in [-0.39, 0.29) is 37.8 Å². The highest BCUT2D eigenvalue weighted by Gasteiger charge is 2.33. The Kier molecular flexibility index (Phi) is 10.9. The lowest BCUT2D eigenvalue weighted by Crippen LogP contribution is -2.46. The quantitative estimate of drug-likeness (QED) is 0.365. The fraction of sp³-hybridized carbons (Fsp3) is 0.609. The minimum absolute atomic E-state index is 0.0274. The van der Waals surface area contributed by atoms with Crippen molar-refractivity contribution in [3.05, 3.63) is 29.6 Å². The van der Waals surface area contributed by atoms with Crippen LogP contribution < -0.4 is 10.6 Å². The summed E-state index contributed by atoms with van der Waals surface area (Å²) in [4.78, 5) is 54.4. The van der Waals surface area contributed by atoms with Gasteiger partial charge in [-0.05, 0) is 36.0 Å². The molecule has 0 saturated carbocycles. The highest BCUT2D eigenvalue weighted by molar-refractivity contribution is 6.37. The Balaban J connectivity index is 2.01. The lowest BCUT2D eigenvalue weighted by Gasteiger charge is -2.23. The zero-order valence-corrected chi connectivity index (χ0v) is 19.4. The molecule has 2 N–H and O–H groups in total. The molecule has 0 spiro atoms. The number of hydrogen-bond donors (Lipinski definition) is 2. The fourth-order valence-electron chi connectivity index (χ4n) is 3.58. The van der Waals surface area contributed by atoms with Crippen LogP contribution in [0, 0.1) is 11.8 Å². The van der Waals surface area contributed by atoms with Crippen LogP contribution in [-0.4, -0.2) is 74.7 Å². The summed E-state index contributed by atoms with van der Waals surface area (Å²) in [7, 11) is 1.56. The Morgan fingerprint density at radius 3 is 2.67 bits per heavy atom. The minimum Gasteiger partial charge on any atom is -0.447 e. The first-order chi connectivity index (χ1) is 15.8. The molecule has 0 saturated heterocycles. The van der Waals surface area contributed by atoms with E-state index in [2.05, 4.69) is 15.6 Å². The molecule has 1 aliphatic rings. The standard InChI is InChI=1S/C23H33N3O7/c1-15(2)20(26-23(30)33-11-10-32-9-8-31-3)19(27)13-17-12-18-14-24-6-4-16(18)5-7-25-22(29)21(17)28/h4,6,14-15,17,20H,5,7-13H2,1-3H3,(H,25,29)(H,26,30). The van der Waals surface area contributed by atoms with Crippen molar-refractivity contribution >= 4 is 23.6 Å². The topological polar surface area (TPSA) is 133 Å². The number of amides is 2. The molecular weight excluding hydrogens is 430 g/mol. The highest BCUT2D eigenvalue weighted by atomic mass is 16.6. The van der Waals surface area contributed by atoms with Gasteiger partial charge < -0.3 is 24.8 Å². The average molecular weight is 464 g/mol. The van der Waals surface area contributed by atoms with Crippen LogP contribution in [0.1, 0.15) is 31.4 Å². The van der Waals surface area contributed by atoms with E-state index < -0.39 is 29.7 Å². The largest absolute Gasteiger partial charge is 0.447 e. The molecule has 0 aliphatic carbocycles. The van der Waals surface area contributed by atoms with Gasteiger partial charge in [0.25, 0.3) is 5.91 Å². The van der Waals surface area contributed by atoms with E-state index >= 15 is 0 Å². The number of ether oxygens (including phenoxy) is 3. The molecule has 1 aromatic heterocycles. The summed E-state index contributed by atoms with van der Waals surface area (Å²) < 4.78 is 15.2. The molecule has 10 heteroatoms. The van der Waals surface area contributed by atoms with E-state index in [9.17, 15) is 19.2 Å². The van der Waals surface area contributed by atoms with Crippen LogP contribution in [0.2, 0.25) is 0 Å². The number of Topliss-reactive ketones (excluding diaryl/α,β-unsaturated/α-hetero) is 2. The number of hydrogen-bond acceptors (Lipinski definition) is 8. The second-order valence-electron chi connectivity index (χ2n) is 8.19. The smallest absolute Gasteiger partial charge is 0.407 e. The van der Waals surface area contributed by atoms with Crippen molar-refractivity contribution in [1.29, 1.82) is 0 Å². The van der Waals surface area contributed by atoms with E-state index in [4.69, 9.17) is 14.2 Å². The molecule has 0 aromatic carbocycles. The second-order valence-corrected chi connectivity index (χ2v) is 8.19. The van der Waals surface area contributed by atoms with Crippen molar-refractivity contribution in [3.8, 4) is 0 Å². The maximum Gasteiger partial charge on any atom is 0.407 e. The van der Waals surface area contributed by atoms with E-state index in [1.807, 2.05) is 6.07 Å². The molecule has 182 valence electrons. The Labute approximate surface area is 193 Å². The normalized spacial score (nSPS) is 17.3. The first kappa shape index (κ1) is 26.4. The number of ketones is 2. The molecule has 1 aromatic rings. The highest BCUT2D eigenvalue weighted by Crippen LogP contribution is 2.21. The first-order valence-corrected chi connectivity index (χ1v) is 11.1. The van der Waals surface area contributed by atoms with Gasteiger partial charge in [0.2, 0.25) is 5.78 Å². The third-order valence-corrected chi connectivity index (χ3v) is 5.37. The zero-order chi connectivity index (χ0) is 24.2. The van der Waals surface area contributed by atoms with Crippen LogP contribution in [0.5, 0.6) is 0 Å². The molecule has 33 heavy (non-hydrogen) atoms. The van der Waals surface area contributed by atoms with Gasteiger partial charge >= 0.3 is 6.09 Å². The molecule has 2 amide bonds. The van der Waals surface area contributed by atoms with Crippen molar-refractivity contribution in [2.45, 2.75) is 39.2 Å². The van der Waals surface area contributed by atoms with Crippen molar-refractivity contribution in [3.63, 3.8) is 0 Å². The average Bonchev–Trinajstić information content (AvgIpc) is 2.84. The number of alkyl carbamates (subject to hydrolysis) is 1. The number of methoxy groups -OCH3 is 1. The molecule has 0 bridgehead atoms. The number of nitrogens with one attached hydrogen (secondary N) is 2. The SMILES string of the molecule is COCCOCCOC(=O)NC(C(=O)CC1Cc2cnccc2CCNC(=O)C1=O)C(C)C. The summed E-state index contributed by atoms with van der Waals surface area (Å²) in [6, 6.07) is 0.993. The van der Waals surface area contributed by atoms with Crippen molar-refractivity contribution in [1.82, 2.24) is 15.6 Å². The summed E-state index contributed by atoms with van der Waals surface area (Å²) in [5.41, 5.74) is 1.81. The van der Waals surface area contributed by atoms with Crippen molar-refractivity contribution in [2.24, 2.45) is 11.8 Å². The summed E-state index contributed by atoms with van der Waals surface area (Å²) in [6.07, 6.45) is 3.21. The van der Waals surface area contributed by atoms with Gasteiger partial charge in [-0.1, -0.05) is 13.8 Å². The van der Waals surface area contributed by atoms with Gasteiger partial charge in [0, 0.05) is 38.4 Å². The van der Waals surface area contributed by atoms with Crippen LogP contribution in [0.25, 0.3) is 0 Å². The molecule has 2 atom stereocenters. The van der Waals surface area contributed by atoms with Crippen LogP contribution in [0.15, 0.2) is 18.5 Å². The molecule has 0 fully saturated rings. The maximum atomic E-state index is 13.1. The van der Waals surface area contributed by atoms with E-state index in [0.29, 0.717) is 26.2 Å². The predicted molar refractivity (Wildman–Crippen MR) is 119 cm³/mol. The Morgan fingerprint density at radius 2 is 1.94 bits per heavy atom. The van der Waals surface area contributed by atoms with Crippen molar-refractivity contribution < 1.29 is 33.4 Å². The molecule has 0 radical (unpaired) electrons. The molecule has 2 rings (SSSR count). The summed E-state index contributed by atoms with van der Waals surface area (Å²) >= 11 is 0. The molecule has 10 nitrogen and oxygen atoms in total. The van der Waals surface area contributed by atoms with E-state index in [0.717, 1.165) is 11.1 Å². The van der Waals surface area contributed by atoms with Gasteiger partial charge in [-0.3, -0.25) is 19.4 Å². The van der Waals surface area contributed by atoms with E-state index in [1.165, 1.54) is 0 Å². The zero-order valence-electron chi connectivity index (χ0n) is 19.4. The third kappa shape index (κ3) is 8.54.